The van der Waals surface area contributed by atoms with E-state index in [0.717, 1.165) is 6.54 Å². The molecule has 0 bridgehead atoms. The molecule has 1 saturated heterocycles. The highest BCUT2D eigenvalue weighted by Gasteiger charge is 2.40. The van der Waals surface area contributed by atoms with Crippen LogP contribution in [0.2, 0.25) is 5.02 Å². The molecule has 1 aliphatic rings. The molecule has 1 fully saturated rings. The quantitative estimate of drug-likeness (QED) is 0.902. The lowest BCUT2D eigenvalue weighted by atomic mass is 9.90. The minimum absolute atomic E-state index is 0.513. The van der Waals surface area contributed by atoms with Gasteiger partial charge in [-0.05, 0) is 32.0 Å². The number of likely N-dealkylation sites (tertiary alicyclic amines) is 1. The van der Waals surface area contributed by atoms with Crippen molar-refractivity contribution in [3.05, 3.63) is 29.3 Å². The SMILES string of the molecule is CC1(C(=O)O)CCN(CCOc2ccccc2Cl)C1. The third kappa shape index (κ3) is 3.39. The van der Waals surface area contributed by atoms with E-state index in [-0.39, 0.29) is 0 Å². The van der Waals surface area contributed by atoms with E-state index in [2.05, 4.69) is 4.90 Å². The number of ether oxygens (including phenoxy) is 1. The Bertz CT molecular complexity index is 466. The Balaban J connectivity index is 1.79. The first-order valence-corrected chi connectivity index (χ1v) is 6.72. The molecule has 1 atom stereocenters. The van der Waals surface area contributed by atoms with Crippen molar-refractivity contribution >= 4 is 17.6 Å². The van der Waals surface area contributed by atoms with E-state index in [4.69, 9.17) is 21.4 Å². The Kier molecular flexibility index (Phi) is 4.32. The molecule has 1 aromatic rings. The zero-order valence-corrected chi connectivity index (χ0v) is 11.7. The smallest absolute Gasteiger partial charge is 0.310 e. The van der Waals surface area contributed by atoms with Gasteiger partial charge in [-0.2, -0.15) is 0 Å². The van der Waals surface area contributed by atoms with Crippen LogP contribution >= 0.6 is 11.6 Å². The van der Waals surface area contributed by atoms with E-state index in [9.17, 15) is 4.79 Å². The van der Waals surface area contributed by atoms with Crippen LogP contribution in [-0.2, 0) is 4.79 Å². The minimum atomic E-state index is -0.720. The van der Waals surface area contributed by atoms with Crippen LogP contribution in [0.3, 0.4) is 0 Å². The molecule has 5 heteroatoms. The fourth-order valence-corrected chi connectivity index (χ4v) is 2.46. The third-order valence-electron chi connectivity index (χ3n) is 3.57. The van der Waals surface area contributed by atoms with Crippen LogP contribution in [0.1, 0.15) is 13.3 Å². The van der Waals surface area contributed by atoms with E-state index >= 15 is 0 Å². The van der Waals surface area contributed by atoms with E-state index in [1.807, 2.05) is 18.2 Å². The van der Waals surface area contributed by atoms with Gasteiger partial charge in [0, 0.05) is 13.1 Å². The summed E-state index contributed by atoms with van der Waals surface area (Å²) >= 11 is 5.99. The average molecular weight is 284 g/mol. The van der Waals surface area contributed by atoms with Crippen LogP contribution < -0.4 is 4.74 Å². The number of hydrogen-bond acceptors (Lipinski definition) is 3. The topological polar surface area (TPSA) is 49.8 Å². The second-order valence-corrected chi connectivity index (χ2v) is 5.58. The van der Waals surface area contributed by atoms with Gasteiger partial charge in [-0.15, -0.1) is 0 Å². The van der Waals surface area contributed by atoms with Crippen molar-refractivity contribution in [3.63, 3.8) is 0 Å². The molecule has 2 rings (SSSR count). The molecule has 0 aromatic heterocycles. The highest BCUT2D eigenvalue weighted by Crippen LogP contribution is 2.30. The maximum atomic E-state index is 11.1. The summed E-state index contributed by atoms with van der Waals surface area (Å²) in [6.45, 7) is 4.40. The number of carbonyl (C=O) groups is 1. The monoisotopic (exact) mass is 283 g/mol. The highest BCUT2D eigenvalue weighted by atomic mass is 35.5. The molecule has 0 radical (unpaired) electrons. The van der Waals surface area contributed by atoms with Crippen molar-refractivity contribution < 1.29 is 14.6 Å². The van der Waals surface area contributed by atoms with Gasteiger partial charge in [0.25, 0.3) is 0 Å². The number of benzene rings is 1. The molecule has 0 aliphatic carbocycles. The molecule has 1 N–H and O–H groups in total. The van der Waals surface area contributed by atoms with Gasteiger partial charge in [0.2, 0.25) is 0 Å². The van der Waals surface area contributed by atoms with E-state index in [1.165, 1.54) is 0 Å². The summed E-state index contributed by atoms with van der Waals surface area (Å²) in [6.07, 6.45) is 0.689. The molecule has 104 valence electrons. The van der Waals surface area contributed by atoms with Gasteiger partial charge in [0.05, 0.1) is 10.4 Å². The summed E-state index contributed by atoms with van der Waals surface area (Å²) in [7, 11) is 0. The molecule has 1 aromatic carbocycles. The molecule has 0 spiro atoms. The first-order chi connectivity index (χ1) is 9.01. The predicted molar refractivity (Wildman–Crippen MR) is 73.7 cm³/mol. The average Bonchev–Trinajstić information content (AvgIpc) is 2.75. The summed E-state index contributed by atoms with van der Waals surface area (Å²) in [5.74, 6) is -0.0496. The van der Waals surface area contributed by atoms with E-state index < -0.39 is 11.4 Å². The summed E-state index contributed by atoms with van der Waals surface area (Å²) in [5.41, 5.74) is -0.621. The summed E-state index contributed by atoms with van der Waals surface area (Å²) in [6, 6.07) is 7.34. The lowest BCUT2D eigenvalue weighted by molar-refractivity contribution is -0.147. The summed E-state index contributed by atoms with van der Waals surface area (Å²) in [4.78, 5) is 13.2. The Hall–Kier alpha value is -1.26. The largest absolute Gasteiger partial charge is 0.491 e. The fourth-order valence-electron chi connectivity index (χ4n) is 2.27. The molecule has 1 heterocycles. The first kappa shape index (κ1) is 14.2. The van der Waals surface area contributed by atoms with E-state index in [1.54, 1.807) is 13.0 Å². The molecule has 4 nitrogen and oxygen atoms in total. The number of carboxylic acids is 1. The van der Waals surface area contributed by atoms with Crippen LogP contribution in [0.25, 0.3) is 0 Å². The molecule has 0 saturated carbocycles. The van der Waals surface area contributed by atoms with Crippen LogP contribution in [0.5, 0.6) is 5.75 Å². The Labute approximate surface area is 117 Å². The molecule has 0 amide bonds. The number of halogens is 1. The number of aliphatic carboxylic acids is 1. The Morgan fingerprint density at radius 1 is 1.53 bits per heavy atom. The minimum Gasteiger partial charge on any atom is -0.491 e. The van der Waals surface area contributed by atoms with Gasteiger partial charge in [-0.1, -0.05) is 23.7 Å². The van der Waals surface area contributed by atoms with Gasteiger partial charge >= 0.3 is 5.97 Å². The van der Waals surface area contributed by atoms with Crippen LogP contribution in [0.15, 0.2) is 24.3 Å². The van der Waals surface area contributed by atoms with Crippen molar-refractivity contribution in [2.75, 3.05) is 26.2 Å². The second-order valence-electron chi connectivity index (χ2n) is 5.17. The molecule has 1 unspecified atom stereocenters. The number of hydrogen-bond donors (Lipinski definition) is 1. The van der Waals surface area contributed by atoms with Crippen molar-refractivity contribution in [1.29, 1.82) is 0 Å². The Morgan fingerprint density at radius 2 is 2.26 bits per heavy atom. The number of para-hydroxylation sites is 1. The molecule has 1 aliphatic heterocycles. The molecular formula is C14H18ClNO3. The standard InChI is InChI=1S/C14H18ClNO3/c1-14(13(17)18)6-7-16(10-14)8-9-19-12-5-3-2-4-11(12)15/h2-5H,6-10H2,1H3,(H,17,18). The Morgan fingerprint density at radius 3 is 2.89 bits per heavy atom. The number of nitrogens with zero attached hydrogens (tertiary/aromatic N) is 1. The summed E-state index contributed by atoms with van der Waals surface area (Å²) in [5, 5.41) is 9.75. The maximum absolute atomic E-state index is 11.1. The number of carboxylic acid groups (broad SMARTS) is 1. The highest BCUT2D eigenvalue weighted by molar-refractivity contribution is 6.32. The first-order valence-electron chi connectivity index (χ1n) is 6.34. The normalized spacial score (nSPS) is 23.5. The zero-order chi connectivity index (χ0) is 13.9. The fraction of sp³-hybridized carbons (Fsp3) is 0.500. The predicted octanol–water partition coefficient (Wildman–Crippen LogP) is 2.52. The lowest BCUT2D eigenvalue weighted by Gasteiger charge is -2.20. The van der Waals surface area contributed by atoms with Crippen molar-refractivity contribution in [2.45, 2.75) is 13.3 Å². The molecule has 19 heavy (non-hydrogen) atoms. The van der Waals surface area contributed by atoms with Crippen molar-refractivity contribution in [3.8, 4) is 5.75 Å². The van der Waals surface area contributed by atoms with Crippen LogP contribution in [-0.4, -0.2) is 42.2 Å². The van der Waals surface area contributed by atoms with Crippen molar-refractivity contribution in [2.24, 2.45) is 5.41 Å². The molecular weight excluding hydrogens is 266 g/mol. The van der Waals surface area contributed by atoms with Crippen LogP contribution in [0.4, 0.5) is 0 Å². The van der Waals surface area contributed by atoms with Gasteiger partial charge in [-0.3, -0.25) is 9.69 Å². The zero-order valence-electron chi connectivity index (χ0n) is 10.9. The van der Waals surface area contributed by atoms with Gasteiger partial charge in [0.15, 0.2) is 0 Å². The van der Waals surface area contributed by atoms with Crippen molar-refractivity contribution in [1.82, 2.24) is 4.90 Å². The summed E-state index contributed by atoms with van der Waals surface area (Å²) < 4.78 is 5.61. The third-order valence-corrected chi connectivity index (χ3v) is 3.88. The lowest BCUT2D eigenvalue weighted by Crippen LogP contribution is -2.33. The number of rotatable bonds is 5. The second kappa shape index (κ2) is 5.80. The van der Waals surface area contributed by atoms with Gasteiger partial charge < -0.3 is 9.84 Å². The van der Waals surface area contributed by atoms with Gasteiger partial charge in [0.1, 0.15) is 12.4 Å². The maximum Gasteiger partial charge on any atom is 0.310 e. The van der Waals surface area contributed by atoms with Gasteiger partial charge in [-0.25, -0.2) is 0 Å². The van der Waals surface area contributed by atoms with Crippen LogP contribution in [0, 0.1) is 5.41 Å². The van der Waals surface area contributed by atoms with E-state index in [0.29, 0.717) is 36.9 Å².